The third-order valence-corrected chi connectivity index (χ3v) is 7.14. The van der Waals surface area contributed by atoms with Crippen molar-refractivity contribution in [2.24, 2.45) is 0 Å². The predicted octanol–water partition coefficient (Wildman–Crippen LogP) is 2.38. The van der Waals surface area contributed by atoms with Gasteiger partial charge in [0.05, 0.1) is 30.5 Å². The van der Waals surface area contributed by atoms with Crippen molar-refractivity contribution in [2.75, 3.05) is 26.3 Å². The molecule has 1 unspecified atom stereocenters. The largest absolute Gasteiger partial charge is 0.379 e. The van der Waals surface area contributed by atoms with E-state index in [9.17, 15) is 13.2 Å². The van der Waals surface area contributed by atoms with Crippen LogP contribution in [0.3, 0.4) is 0 Å². The average Bonchev–Trinajstić information content (AvgIpc) is 3.35. The lowest BCUT2D eigenvalue weighted by Gasteiger charge is -2.26. The van der Waals surface area contributed by atoms with Crippen LogP contribution in [0.25, 0.3) is 5.69 Å². The highest BCUT2D eigenvalue weighted by atomic mass is 32.2. The third-order valence-electron chi connectivity index (χ3n) is 5.25. The van der Waals surface area contributed by atoms with E-state index in [1.165, 1.54) is 16.4 Å². The number of morpholine rings is 1. The third kappa shape index (κ3) is 4.68. The Hall–Kier alpha value is -3.01. The van der Waals surface area contributed by atoms with Gasteiger partial charge >= 0.3 is 0 Å². The number of amides is 1. The molecule has 0 radical (unpaired) electrons. The normalized spacial score (nSPS) is 16.0. The molecule has 1 amide bonds. The van der Waals surface area contributed by atoms with Crippen molar-refractivity contribution < 1.29 is 17.9 Å². The number of benzene rings is 2. The van der Waals surface area contributed by atoms with Gasteiger partial charge in [0.1, 0.15) is 0 Å². The molecule has 3 aromatic rings. The molecule has 2 heterocycles. The van der Waals surface area contributed by atoms with Crippen LogP contribution < -0.4 is 5.32 Å². The summed E-state index contributed by atoms with van der Waals surface area (Å²) in [6, 6.07) is 13.7. The van der Waals surface area contributed by atoms with Crippen molar-refractivity contribution in [1.82, 2.24) is 19.2 Å². The number of carbonyl (C=O) groups excluding carboxylic acids is 1. The quantitative estimate of drug-likeness (QED) is 0.635. The van der Waals surface area contributed by atoms with E-state index in [1.54, 1.807) is 24.7 Å². The fraction of sp³-hybridized carbons (Fsp3) is 0.273. The number of aromatic nitrogens is 2. The van der Waals surface area contributed by atoms with Crippen LogP contribution in [0.15, 0.2) is 72.1 Å². The Labute approximate surface area is 181 Å². The summed E-state index contributed by atoms with van der Waals surface area (Å²) < 4.78 is 34.2. The van der Waals surface area contributed by atoms with Gasteiger partial charge in [-0.25, -0.2) is 13.4 Å². The molecule has 0 bridgehead atoms. The Bertz CT molecular complexity index is 1140. The molecule has 1 aliphatic heterocycles. The highest BCUT2D eigenvalue weighted by Crippen LogP contribution is 2.20. The Morgan fingerprint density at radius 2 is 1.87 bits per heavy atom. The van der Waals surface area contributed by atoms with E-state index in [0.29, 0.717) is 31.9 Å². The predicted molar refractivity (Wildman–Crippen MR) is 115 cm³/mol. The number of nitrogens with one attached hydrogen (secondary N) is 1. The maximum absolute atomic E-state index is 12.9. The molecular weight excluding hydrogens is 416 g/mol. The van der Waals surface area contributed by atoms with Crippen molar-refractivity contribution in [1.29, 1.82) is 0 Å². The first-order valence-corrected chi connectivity index (χ1v) is 11.5. The second kappa shape index (κ2) is 9.01. The number of carbonyl (C=O) groups is 1. The highest BCUT2D eigenvalue weighted by molar-refractivity contribution is 7.89. The molecule has 2 aromatic carbocycles. The van der Waals surface area contributed by atoms with Gasteiger partial charge < -0.3 is 14.6 Å². The monoisotopic (exact) mass is 440 g/mol. The second-order valence-corrected chi connectivity index (χ2v) is 9.24. The number of nitrogens with zero attached hydrogens (tertiary/aromatic N) is 3. The van der Waals surface area contributed by atoms with Crippen molar-refractivity contribution in [2.45, 2.75) is 17.9 Å². The van der Waals surface area contributed by atoms with Crippen molar-refractivity contribution in [3.05, 3.63) is 78.4 Å². The zero-order valence-corrected chi connectivity index (χ0v) is 18.0. The molecule has 1 aliphatic rings. The van der Waals surface area contributed by atoms with E-state index in [1.807, 2.05) is 42.0 Å². The Morgan fingerprint density at radius 3 is 2.55 bits per heavy atom. The molecule has 8 nitrogen and oxygen atoms in total. The zero-order chi connectivity index (χ0) is 21.8. The van der Waals surface area contributed by atoms with Crippen LogP contribution in [0.1, 0.15) is 28.9 Å². The lowest BCUT2D eigenvalue weighted by Crippen LogP contribution is -2.40. The van der Waals surface area contributed by atoms with Gasteiger partial charge in [0.2, 0.25) is 10.0 Å². The molecule has 1 atom stereocenters. The summed E-state index contributed by atoms with van der Waals surface area (Å²) in [4.78, 5) is 16.9. The van der Waals surface area contributed by atoms with Gasteiger partial charge in [-0.15, -0.1) is 0 Å². The van der Waals surface area contributed by atoms with E-state index >= 15 is 0 Å². The van der Waals surface area contributed by atoms with Crippen LogP contribution in [0.4, 0.5) is 0 Å². The summed E-state index contributed by atoms with van der Waals surface area (Å²) in [7, 11) is -3.66. The van der Waals surface area contributed by atoms with Gasteiger partial charge in [0.25, 0.3) is 5.91 Å². The molecule has 0 aliphatic carbocycles. The number of hydrogen-bond acceptors (Lipinski definition) is 5. The standard InChI is InChI=1S/C22H24N4O4S/c1-17(18-5-7-20(8-6-18)25-10-9-23-16-25)24-22(27)19-3-2-4-21(15-19)31(28,29)26-11-13-30-14-12-26/h2-10,15-17H,11-14H2,1H3,(H,24,27). The van der Waals surface area contributed by atoms with Gasteiger partial charge in [-0.3, -0.25) is 4.79 Å². The Kier molecular flexibility index (Phi) is 6.17. The van der Waals surface area contributed by atoms with Crippen LogP contribution in [0.5, 0.6) is 0 Å². The first-order valence-electron chi connectivity index (χ1n) is 10.0. The summed E-state index contributed by atoms with van der Waals surface area (Å²) in [5, 5.41) is 2.94. The minimum Gasteiger partial charge on any atom is -0.379 e. The van der Waals surface area contributed by atoms with Gasteiger partial charge in [-0.05, 0) is 42.8 Å². The van der Waals surface area contributed by atoms with Crippen LogP contribution in [0.2, 0.25) is 0 Å². The smallest absolute Gasteiger partial charge is 0.251 e. The fourth-order valence-corrected chi connectivity index (χ4v) is 4.90. The first-order chi connectivity index (χ1) is 14.9. The van der Waals surface area contributed by atoms with Crippen molar-refractivity contribution in [3.8, 4) is 5.69 Å². The number of ether oxygens (including phenoxy) is 1. The molecule has 1 aromatic heterocycles. The lowest BCUT2D eigenvalue weighted by atomic mass is 10.1. The van der Waals surface area contributed by atoms with Crippen molar-refractivity contribution in [3.63, 3.8) is 0 Å². The fourth-order valence-electron chi connectivity index (χ4n) is 3.44. The van der Waals surface area contributed by atoms with E-state index < -0.39 is 10.0 Å². The molecule has 1 N–H and O–H groups in total. The Morgan fingerprint density at radius 1 is 1.13 bits per heavy atom. The molecule has 162 valence electrons. The van der Waals surface area contributed by atoms with E-state index in [-0.39, 0.29) is 16.8 Å². The summed E-state index contributed by atoms with van der Waals surface area (Å²) in [5.41, 5.74) is 2.21. The molecule has 4 rings (SSSR count). The first kappa shape index (κ1) is 21.2. The molecular formula is C22H24N4O4S. The van der Waals surface area contributed by atoms with Crippen LogP contribution >= 0.6 is 0 Å². The molecule has 1 saturated heterocycles. The van der Waals surface area contributed by atoms with Crippen molar-refractivity contribution >= 4 is 15.9 Å². The molecule has 9 heteroatoms. The number of rotatable bonds is 6. The average molecular weight is 441 g/mol. The summed E-state index contributed by atoms with van der Waals surface area (Å²) in [5.74, 6) is -0.329. The molecule has 1 fully saturated rings. The lowest BCUT2D eigenvalue weighted by molar-refractivity contribution is 0.0730. The summed E-state index contributed by atoms with van der Waals surface area (Å²) in [6.45, 7) is 3.25. The van der Waals surface area contributed by atoms with E-state index in [0.717, 1.165) is 11.3 Å². The zero-order valence-electron chi connectivity index (χ0n) is 17.1. The second-order valence-electron chi connectivity index (χ2n) is 7.30. The van der Waals surface area contributed by atoms with Gasteiger partial charge in [-0.1, -0.05) is 18.2 Å². The van der Waals surface area contributed by atoms with E-state index in [2.05, 4.69) is 10.3 Å². The minimum absolute atomic E-state index is 0.111. The van der Waals surface area contributed by atoms with Gasteiger partial charge in [0.15, 0.2) is 0 Å². The number of hydrogen-bond donors (Lipinski definition) is 1. The van der Waals surface area contributed by atoms with Crippen LogP contribution in [-0.2, 0) is 14.8 Å². The SMILES string of the molecule is CC(NC(=O)c1cccc(S(=O)(=O)N2CCOCC2)c1)c1ccc(-n2ccnc2)cc1. The molecule has 31 heavy (non-hydrogen) atoms. The number of sulfonamides is 1. The molecule has 0 saturated carbocycles. The summed E-state index contributed by atoms with van der Waals surface area (Å²) in [6.07, 6.45) is 5.29. The molecule has 0 spiro atoms. The van der Waals surface area contributed by atoms with Gasteiger partial charge in [-0.2, -0.15) is 4.31 Å². The Balaban J connectivity index is 1.46. The topological polar surface area (TPSA) is 93.5 Å². The maximum Gasteiger partial charge on any atom is 0.251 e. The van der Waals surface area contributed by atoms with Crippen LogP contribution in [0, 0.1) is 0 Å². The minimum atomic E-state index is -3.66. The van der Waals surface area contributed by atoms with Crippen LogP contribution in [-0.4, -0.2) is 54.5 Å². The number of imidazole rings is 1. The van der Waals surface area contributed by atoms with Gasteiger partial charge in [0, 0.05) is 36.7 Å². The van der Waals surface area contributed by atoms with E-state index in [4.69, 9.17) is 4.74 Å². The highest BCUT2D eigenvalue weighted by Gasteiger charge is 2.27. The summed E-state index contributed by atoms with van der Waals surface area (Å²) >= 11 is 0. The maximum atomic E-state index is 12.9.